The number of ketones is 1. The maximum atomic E-state index is 12.3. The Labute approximate surface area is 190 Å². The molecule has 4 aromatic rings. The number of allylic oxidation sites excluding steroid dienone is 1. The number of ether oxygens (including phenoxy) is 1. The molecule has 0 aliphatic heterocycles. The fourth-order valence-electron chi connectivity index (χ4n) is 3.29. The quantitative estimate of drug-likeness (QED) is 0.248. The number of aryl methyl sites for hydroxylation is 1. The van der Waals surface area contributed by atoms with Crippen molar-refractivity contribution in [3.63, 3.8) is 0 Å². The van der Waals surface area contributed by atoms with Crippen LogP contribution in [0.1, 0.15) is 21.5 Å². The number of hydrogen-bond acceptors (Lipinski definition) is 5. The first-order valence-corrected chi connectivity index (χ1v) is 10.3. The van der Waals surface area contributed by atoms with Gasteiger partial charge in [-0.1, -0.05) is 36.4 Å². The van der Waals surface area contributed by atoms with Crippen molar-refractivity contribution in [2.45, 2.75) is 6.92 Å². The molecule has 0 spiro atoms. The first-order valence-electron chi connectivity index (χ1n) is 10.3. The van der Waals surface area contributed by atoms with Crippen molar-refractivity contribution in [3.05, 3.63) is 112 Å². The Kier molecular flexibility index (Phi) is 6.45. The van der Waals surface area contributed by atoms with E-state index in [1.807, 2.05) is 37.3 Å². The fourth-order valence-corrected chi connectivity index (χ4v) is 3.29. The van der Waals surface area contributed by atoms with Crippen LogP contribution in [-0.4, -0.2) is 18.3 Å². The van der Waals surface area contributed by atoms with Gasteiger partial charge in [-0.3, -0.25) is 9.59 Å². The summed E-state index contributed by atoms with van der Waals surface area (Å²) in [5.41, 5.74) is 2.78. The van der Waals surface area contributed by atoms with Crippen LogP contribution in [0.15, 0.2) is 94.2 Å². The zero-order valence-electron chi connectivity index (χ0n) is 17.9. The van der Waals surface area contributed by atoms with Crippen LogP contribution in [0, 0.1) is 6.92 Å². The number of benzene rings is 3. The minimum atomic E-state index is -0.438. The topological polar surface area (TPSA) is 85.6 Å². The molecule has 1 amide bonds. The number of carbonyl (C=O) groups excluding carboxylic acids is 2. The average molecular weight is 439 g/mol. The molecule has 164 valence electrons. The summed E-state index contributed by atoms with van der Waals surface area (Å²) in [5, 5.41) is 3.53. The Morgan fingerprint density at radius 1 is 0.970 bits per heavy atom. The van der Waals surface area contributed by atoms with Crippen LogP contribution in [0.25, 0.3) is 17.0 Å². The van der Waals surface area contributed by atoms with E-state index in [-0.39, 0.29) is 18.3 Å². The zero-order chi connectivity index (χ0) is 23.2. The molecule has 0 bridgehead atoms. The molecular weight excluding hydrogens is 418 g/mol. The third-order valence-electron chi connectivity index (χ3n) is 4.97. The predicted octanol–water partition coefficient (Wildman–Crippen LogP) is 5.02. The molecule has 0 saturated heterocycles. The lowest BCUT2D eigenvalue weighted by atomic mass is 10.1. The lowest BCUT2D eigenvalue weighted by molar-refractivity contribution is -0.118. The smallest absolute Gasteiger partial charge is 0.336 e. The molecular formula is C27H21NO5. The van der Waals surface area contributed by atoms with Gasteiger partial charge in [0.25, 0.3) is 5.91 Å². The Hall–Kier alpha value is -4.45. The number of carbonyl (C=O) groups is 2. The second-order valence-electron chi connectivity index (χ2n) is 7.43. The normalized spacial score (nSPS) is 10.9. The molecule has 0 saturated carbocycles. The highest BCUT2D eigenvalue weighted by Gasteiger charge is 2.08. The van der Waals surface area contributed by atoms with E-state index in [4.69, 9.17) is 9.15 Å². The summed E-state index contributed by atoms with van der Waals surface area (Å²) in [6.45, 7) is 1.60. The molecule has 3 aromatic carbocycles. The average Bonchev–Trinajstić information content (AvgIpc) is 2.82. The van der Waals surface area contributed by atoms with Crippen molar-refractivity contribution in [1.29, 1.82) is 0 Å². The molecule has 0 aliphatic rings. The maximum absolute atomic E-state index is 12.3. The molecule has 0 fully saturated rings. The van der Waals surface area contributed by atoms with Gasteiger partial charge in [0.05, 0.1) is 0 Å². The second kappa shape index (κ2) is 9.78. The van der Waals surface area contributed by atoms with Crippen LogP contribution in [0.2, 0.25) is 0 Å². The lowest BCUT2D eigenvalue weighted by Crippen LogP contribution is -2.20. The van der Waals surface area contributed by atoms with E-state index in [1.165, 1.54) is 12.1 Å². The van der Waals surface area contributed by atoms with Crippen molar-refractivity contribution in [2.75, 3.05) is 11.9 Å². The summed E-state index contributed by atoms with van der Waals surface area (Å²) in [4.78, 5) is 36.1. The first kappa shape index (κ1) is 21.8. The van der Waals surface area contributed by atoms with Crippen molar-refractivity contribution in [3.8, 4) is 5.75 Å². The molecule has 1 N–H and O–H groups in total. The molecule has 0 unspecified atom stereocenters. The highest BCUT2D eigenvalue weighted by molar-refractivity contribution is 6.07. The molecule has 1 heterocycles. The van der Waals surface area contributed by atoms with Crippen molar-refractivity contribution in [1.82, 2.24) is 0 Å². The SMILES string of the molecule is Cc1cc(=O)oc2cc(OCC(=O)Nc3ccc(C(=O)/C=C/c4ccccc4)cc3)ccc12. The van der Waals surface area contributed by atoms with Crippen LogP contribution in [0.3, 0.4) is 0 Å². The Morgan fingerprint density at radius 3 is 2.48 bits per heavy atom. The molecule has 33 heavy (non-hydrogen) atoms. The van der Waals surface area contributed by atoms with E-state index in [0.29, 0.717) is 22.6 Å². The van der Waals surface area contributed by atoms with Gasteiger partial charge in [-0.25, -0.2) is 4.79 Å². The molecule has 6 nitrogen and oxygen atoms in total. The summed E-state index contributed by atoms with van der Waals surface area (Å²) in [6.07, 6.45) is 3.28. The van der Waals surface area contributed by atoms with Gasteiger partial charge in [-0.05, 0) is 60.5 Å². The number of nitrogens with one attached hydrogen (secondary N) is 1. The number of rotatable bonds is 7. The summed E-state index contributed by atoms with van der Waals surface area (Å²) in [6, 6.07) is 22.7. The van der Waals surface area contributed by atoms with Gasteiger partial charge in [-0.2, -0.15) is 0 Å². The highest BCUT2D eigenvalue weighted by Crippen LogP contribution is 2.22. The van der Waals surface area contributed by atoms with Crippen LogP contribution in [0.4, 0.5) is 5.69 Å². The molecule has 6 heteroatoms. The van der Waals surface area contributed by atoms with Gasteiger partial charge in [0.1, 0.15) is 11.3 Å². The highest BCUT2D eigenvalue weighted by atomic mass is 16.5. The molecule has 1 aromatic heterocycles. The van der Waals surface area contributed by atoms with E-state index >= 15 is 0 Å². The van der Waals surface area contributed by atoms with Gasteiger partial charge >= 0.3 is 5.63 Å². The minimum Gasteiger partial charge on any atom is -0.484 e. The Balaban J connectivity index is 1.33. The maximum Gasteiger partial charge on any atom is 0.336 e. The molecule has 0 radical (unpaired) electrons. The van der Waals surface area contributed by atoms with Gasteiger partial charge < -0.3 is 14.5 Å². The largest absolute Gasteiger partial charge is 0.484 e. The third kappa shape index (κ3) is 5.62. The molecule has 0 atom stereocenters. The van der Waals surface area contributed by atoms with E-state index < -0.39 is 5.63 Å². The van der Waals surface area contributed by atoms with Crippen LogP contribution >= 0.6 is 0 Å². The standard InChI is InChI=1S/C27H21NO5/c1-18-15-27(31)33-25-16-22(12-13-23(18)25)32-17-26(30)28-21-10-8-20(9-11-21)24(29)14-7-19-5-3-2-4-6-19/h2-16H,17H2,1H3,(H,28,30)/b14-7+. The number of hydrogen-bond donors (Lipinski definition) is 1. The van der Waals surface area contributed by atoms with Crippen LogP contribution < -0.4 is 15.7 Å². The lowest BCUT2D eigenvalue weighted by Gasteiger charge is -2.09. The van der Waals surface area contributed by atoms with E-state index in [1.54, 1.807) is 48.5 Å². The van der Waals surface area contributed by atoms with E-state index in [9.17, 15) is 14.4 Å². The van der Waals surface area contributed by atoms with E-state index in [0.717, 1.165) is 16.5 Å². The number of fused-ring (bicyclic) bond motifs is 1. The summed E-state index contributed by atoms with van der Waals surface area (Å²) in [7, 11) is 0. The fraction of sp³-hybridized carbons (Fsp3) is 0.0741. The Morgan fingerprint density at radius 2 is 1.73 bits per heavy atom. The van der Waals surface area contributed by atoms with Crippen molar-refractivity contribution < 1.29 is 18.7 Å². The zero-order valence-corrected chi connectivity index (χ0v) is 17.9. The molecule has 4 rings (SSSR count). The minimum absolute atomic E-state index is 0.127. The number of anilines is 1. The number of amides is 1. The van der Waals surface area contributed by atoms with Crippen molar-refractivity contribution in [2.24, 2.45) is 0 Å². The van der Waals surface area contributed by atoms with Gasteiger partial charge in [-0.15, -0.1) is 0 Å². The predicted molar refractivity (Wildman–Crippen MR) is 128 cm³/mol. The Bertz CT molecular complexity index is 1390. The van der Waals surface area contributed by atoms with Gasteiger partial charge in [0.15, 0.2) is 12.4 Å². The summed E-state index contributed by atoms with van der Waals surface area (Å²) < 4.78 is 10.7. The summed E-state index contributed by atoms with van der Waals surface area (Å²) >= 11 is 0. The molecule has 0 aliphatic carbocycles. The third-order valence-corrected chi connectivity index (χ3v) is 4.97. The van der Waals surface area contributed by atoms with Gasteiger partial charge in [0, 0.05) is 28.8 Å². The van der Waals surface area contributed by atoms with Crippen LogP contribution in [-0.2, 0) is 4.79 Å². The van der Waals surface area contributed by atoms with Crippen LogP contribution in [0.5, 0.6) is 5.75 Å². The second-order valence-corrected chi connectivity index (χ2v) is 7.43. The first-order chi connectivity index (χ1) is 16.0. The summed E-state index contributed by atoms with van der Waals surface area (Å²) in [5.74, 6) is -0.0698. The van der Waals surface area contributed by atoms with E-state index in [2.05, 4.69) is 5.32 Å². The monoisotopic (exact) mass is 439 g/mol. The van der Waals surface area contributed by atoms with Crippen molar-refractivity contribution >= 4 is 34.4 Å². The van der Waals surface area contributed by atoms with Gasteiger partial charge in [0.2, 0.25) is 0 Å².